The molecule has 1 aromatic heterocycles. The summed E-state index contributed by atoms with van der Waals surface area (Å²) >= 11 is 0. The highest BCUT2D eigenvalue weighted by molar-refractivity contribution is 5.89. The Morgan fingerprint density at radius 3 is 2.60 bits per heavy atom. The Morgan fingerprint density at radius 1 is 1.35 bits per heavy atom. The topological polar surface area (TPSA) is 39.2 Å². The van der Waals surface area contributed by atoms with Gasteiger partial charge in [-0.05, 0) is 49.7 Å². The van der Waals surface area contributed by atoms with E-state index in [-0.39, 0.29) is 22.9 Å². The van der Waals surface area contributed by atoms with Crippen LogP contribution >= 0.6 is 0 Å². The second-order valence-corrected chi connectivity index (χ2v) is 7.19. The zero-order valence-electron chi connectivity index (χ0n) is 12.8. The molecule has 2 bridgehead atoms. The molecule has 3 nitrogen and oxygen atoms in total. The average molecular weight is 273 g/mol. The molecule has 2 saturated carbocycles. The van der Waals surface area contributed by atoms with Gasteiger partial charge < -0.3 is 4.74 Å². The molecule has 108 valence electrons. The number of carbonyl (C=O) groups excluding carboxylic acids is 1. The van der Waals surface area contributed by atoms with Crippen LogP contribution in [0.3, 0.4) is 0 Å². The molecule has 3 rings (SSSR count). The quantitative estimate of drug-likeness (QED) is 0.770. The summed E-state index contributed by atoms with van der Waals surface area (Å²) in [4.78, 5) is 16.4. The summed E-state index contributed by atoms with van der Waals surface area (Å²) in [5, 5.41) is 0. The number of rotatable bonds is 2. The van der Waals surface area contributed by atoms with E-state index < -0.39 is 0 Å². The molecule has 0 N–H and O–H groups in total. The minimum absolute atomic E-state index is 0.0463. The lowest BCUT2D eigenvalue weighted by Gasteiger charge is -2.38. The number of pyridine rings is 1. The number of carbonyl (C=O) groups is 1. The van der Waals surface area contributed by atoms with Crippen molar-refractivity contribution < 1.29 is 9.53 Å². The first-order valence-electron chi connectivity index (χ1n) is 7.48. The minimum Gasteiger partial charge on any atom is -0.458 e. The first-order chi connectivity index (χ1) is 9.34. The number of nitrogens with zero attached hydrogens (tertiary/aromatic N) is 1. The van der Waals surface area contributed by atoms with Crippen LogP contribution in [0.2, 0.25) is 0 Å². The van der Waals surface area contributed by atoms with Crippen molar-refractivity contribution in [2.75, 3.05) is 0 Å². The predicted octanol–water partition coefficient (Wildman–Crippen LogP) is 3.76. The van der Waals surface area contributed by atoms with Gasteiger partial charge in [0, 0.05) is 17.3 Å². The lowest BCUT2D eigenvalue weighted by molar-refractivity contribution is -0.0242. The molecular weight excluding hydrogens is 250 g/mol. The van der Waals surface area contributed by atoms with Gasteiger partial charge in [-0.15, -0.1) is 0 Å². The molecule has 3 atom stereocenters. The van der Waals surface area contributed by atoms with Crippen LogP contribution in [-0.4, -0.2) is 17.1 Å². The third-order valence-corrected chi connectivity index (χ3v) is 6.11. The summed E-state index contributed by atoms with van der Waals surface area (Å²) in [7, 11) is 0. The standard InChI is InChI=1S/C17H23NO2/c1-11-5-6-12(10-18-11)15(19)20-14-9-13-7-8-17(14,4)16(13,2)3/h5-6,10,13-14H,7-9H2,1-4H3. The molecule has 2 fully saturated rings. The van der Waals surface area contributed by atoms with Gasteiger partial charge in [-0.1, -0.05) is 20.8 Å². The van der Waals surface area contributed by atoms with E-state index in [2.05, 4.69) is 25.8 Å². The fourth-order valence-corrected chi connectivity index (χ4v) is 4.09. The highest BCUT2D eigenvalue weighted by Gasteiger charge is 2.62. The van der Waals surface area contributed by atoms with Crippen molar-refractivity contribution in [2.24, 2.45) is 16.7 Å². The molecule has 0 aromatic carbocycles. The number of ether oxygens (including phenoxy) is 1. The lowest BCUT2D eigenvalue weighted by Crippen LogP contribution is -2.38. The van der Waals surface area contributed by atoms with Gasteiger partial charge in [-0.3, -0.25) is 4.98 Å². The second kappa shape index (κ2) is 4.31. The molecule has 1 heterocycles. The smallest absolute Gasteiger partial charge is 0.339 e. The maximum absolute atomic E-state index is 12.3. The van der Waals surface area contributed by atoms with Crippen molar-refractivity contribution in [3.05, 3.63) is 29.6 Å². The van der Waals surface area contributed by atoms with Gasteiger partial charge in [-0.25, -0.2) is 4.79 Å². The molecule has 0 spiro atoms. The summed E-state index contributed by atoms with van der Waals surface area (Å²) in [5.74, 6) is 0.452. The van der Waals surface area contributed by atoms with E-state index in [9.17, 15) is 4.79 Å². The van der Waals surface area contributed by atoms with Crippen molar-refractivity contribution in [3.8, 4) is 0 Å². The lowest BCUT2D eigenvalue weighted by atomic mass is 9.70. The van der Waals surface area contributed by atoms with Gasteiger partial charge in [0.25, 0.3) is 0 Å². The van der Waals surface area contributed by atoms with Crippen LogP contribution in [-0.2, 0) is 4.74 Å². The van der Waals surface area contributed by atoms with Crippen LogP contribution in [0.5, 0.6) is 0 Å². The van der Waals surface area contributed by atoms with E-state index in [1.54, 1.807) is 12.3 Å². The Balaban J connectivity index is 1.76. The predicted molar refractivity (Wildman–Crippen MR) is 77.4 cm³/mol. The van der Waals surface area contributed by atoms with Crippen molar-refractivity contribution in [1.82, 2.24) is 4.98 Å². The van der Waals surface area contributed by atoms with Crippen LogP contribution in [0.4, 0.5) is 0 Å². The zero-order chi connectivity index (χ0) is 14.5. The Hall–Kier alpha value is -1.38. The second-order valence-electron chi connectivity index (χ2n) is 7.19. The number of aryl methyl sites for hydroxylation is 1. The summed E-state index contributed by atoms with van der Waals surface area (Å²) in [6, 6.07) is 3.65. The summed E-state index contributed by atoms with van der Waals surface area (Å²) in [6.45, 7) is 8.85. The minimum atomic E-state index is -0.230. The molecule has 0 aliphatic heterocycles. The SMILES string of the molecule is Cc1ccc(C(=O)OC2CC3CCC2(C)C3(C)C)cn1. The fraction of sp³-hybridized carbons (Fsp3) is 0.647. The maximum Gasteiger partial charge on any atom is 0.339 e. The first-order valence-corrected chi connectivity index (χ1v) is 7.48. The molecule has 0 radical (unpaired) electrons. The van der Waals surface area contributed by atoms with E-state index in [0.29, 0.717) is 11.5 Å². The van der Waals surface area contributed by atoms with Gasteiger partial charge in [0.2, 0.25) is 0 Å². The van der Waals surface area contributed by atoms with E-state index in [1.807, 2.05) is 13.0 Å². The van der Waals surface area contributed by atoms with Gasteiger partial charge in [-0.2, -0.15) is 0 Å². The monoisotopic (exact) mass is 273 g/mol. The Morgan fingerprint density at radius 2 is 2.10 bits per heavy atom. The zero-order valence-corrected chi connectivity index (χ0v) is 12.8. The molecule has 0 amide bonds. The van der Waals surface area contributed by atoms with Crippen molar-refractivity contribution >= 4 is 5.97 Å². The van der Waals surface area contributed by atoms with Crippen LogP contribution in [0.15, 0.2) is 18.3 Å². The Bertz CT molecular complexity index is 534. The Labute approximate surface area is 120 Å². The van der Waals surface area contributed by atoms with E-state index in [1.165, 1.54) is 6.42 Å². The van der Waals surface area contributed by atoms with Crippen LogP contribution in [0, 0.1) is 23.7 Å². The number of esters is 1. The molecule has 0 saturated heterocycles. The maximum atomic E-state index is 12.3. The van der Waals surface area contributed by atoms with Crippen molar-refractivity contribution in [2.45, 2.75) is 53.1 Å². The molecule has 1 aromatic rings. The molecular formula is C17H23NO2. The Kier molecular flexibility index (Phi) is 2.93. The fourth-order valence-electron chi connectivity index (χ4n) is 4.09. The van der Waals surface area contributed by atoms with E-state index in [4.69, 9.17) is 4.74 Å². The molecule has 20 heavy (non-hydrogen) atoms. The summed E-state index contributed by atoms with van der Waals surface area (Å²) in [5.41, 5.74) is 1.85. The largest absolute Gasteiger partial charge is 0.458 e. The third-order valence-electron chi connectivity index (χ3n) is 6.11. The van der Waals surface area contributed by atoms with Gasteiger partial charge in [0.15, 0.2) is 0 Å². The summed E-state index contributed by atoms with van der Waals surface area (Å²) in [6.07, 6.45) is 5.09. The van der Waals surface area contributed by atoms with Crippen LogP contribution in [0.1, 0.15) is 56.1 Å². The van der Waals surface area contributed by atoms with Crippen LogP contribution in [0.25, 0.3) is 0 Å². The van der Waals surface area contributed by atoms with Crippen molar-refractivity contribution in [3.63, 3.8) is 0 Å². The van der Waals surface area contributed by atoms with Crippen LogP contribution < -0.4 is 0 Å². The average Bonchev–Trinajstić information content (AvgIpc) is 2.72. The molecule has 3 heteroatoms. The highest BCUT2D eigenvalue weighted by Crippen LogP contribution is 2.66. The molecule has 3 unspecified atom stereocenters. The van der Waals surface area contributed by atoms with Gasteiger partial charge in [0.1, 0.15) is 6.10 Å². The third kappa shape index (κ3) is 1.79. The number of fused-ring (bicyclic) bond motifs is 2. The van der Waals surface area contributed by atoms with E-state index in [0.717, 1.165) is 18.5 Å². The highest BCUT2D eigenvalue weighted by atomic mass is 16.5. The number of hydrogen-bond acceptors (Lipinski definition) is 3. The normalized spacial score (nSPS) is 34.2. The van der Waals surface area contributed by atoms with Gasteiger partial charge in [0.05, 0.1) is 5.56 Å². The molecule has 2 aliphatic carbocycles. The van der Waals surface area contributed by atoms with Gasteiger partial charge >= 0.3 is 5.97 Å². The van der Waals surface area contributed by atoms with Crippen molar-refractivity contribution in [1.29, 1.82) is 0 Å². The number of hydrogen-bond donors (Lipinski definition) is 0. The van der Waals surface area contributed by atoms with E-state index >= 15 is 0 Å². The first kappa shape index (κ1) is 13.6. The summed E-state index contributed by atoms with van der Waals surface area (Å²) < 4.78 is 5.83. The number of aromatic nitrogens is 1. The molecule has 2 aliphatic rings.